The number of nitrogens with zero attached hydrogens (tertiary/aromatic N) is 2. The number of aromatic amines is 1. The maximum atomic E-state index is 12.6. The van der Waals surface area contributed by atoms with Crippen molar-refractivity contribution in [3.05, 3.63) is 32.7 Å². The Morgan fingerprint density at radius 1 is 1.39 bits per heavy atom. The molecule has 1 unspecified atom stereocenters. The number of aromatic nitrogens is 1. The van der Waals surface area contributed by atoms with Crippen molar-refractivity contribution in [1.82, 2.24) is 9.88 Å². The molecule has 23 heavy (non-hydrogen) atoms. The molecular formula is C18H25N3O2. The van der Waals surface area contributed by atoms with Gasteiger partial charge in [0.1, 0.15) is 11.6 Å². The highest BCUT2D eigenvalue weighted by Gasteiger charge is 2.25. The normalized spacial score (nSPS) is 17.8. The number of carbonyl (C=O) groups excluding carboxylic acids is 1. The van der Waals surface area contributed by atoms with E-state index in [2.05, 4.69) is 11.9 Å². The quantitative estimate of drug-likeness (QED) is 0.927. The standard InChI is InChI=1S/C18H25N3O2/c1-4-14-7-5-6-10-21(14)17(22)9-8-15-12(2)16(11-19)18(23)20-13(15)3/h14H,4-10H2,1-3H3,(H,20,23). The van der Waals surface area contributed by atoms with Crippen molar-refractivity contribution in [2.45, 2.75) is 65.3 Å². The summed E-state index contributed by atoms with van der Waals surface area (Å²) in [4.78, 5) is 29.1. The van der Waals surface area contributed by atoms with Gasteiger partial charge in [0.25, 0.3) is 5.56 Å². The third kappa shape index (κ3) is 3.64. The molecule has 0 aliphatic carbocycles. The largest absolute Gasteiger partial charge is 0.340 e. The fourth-order valence-corrected chi connectivity index (χ4v) is 3.55. The Kier molecular flexibility index (Phi) is 5.59. The van der Waals surface area contributed by atoms with Gasteiger partial charge in [-0.1, -0.05) is 6.92 Å². The van der Waals surface area contributed by atoms with Crippen molar-refractivity contribution in [3.8, 4) is 6.07 Å². The van der Waals surface area contributed by atoms with E-state index in [1.807, 2.05) is 17.9 Å². The van der Waals surface area contributed by atoms with E-state index in [4.69, 9.17) is 5.26 Å². The summed E-state index contributed by atoms with van der Waals surface area (Å²) in [6.07, 6.45) is 5.37. The maximum absolute atomic E-state index is 12.6. The second-order valence-electron chi connectivity index (χ2n) is 6.31. The van der Waals surface area contributed by atoms with Gasteiger partial charge in [-0.25, -0.2) is 0 Å². The minimum absolute atomic E-state index is 0.155. The summed E-state index contributed by atoms with van der Waals surface area (Å²) in [6.45, 7) is 6.59. The third-order valence-electron chi connectivity index (χ3n) is 4.93. The van der Waals surface area contributed by atoms with Gasteiger partial charge in [-0.3, -0.25) is 9.59 Å². The zero-order valence-electron chi connectivity index (χ0n) is 14.2. The number of pyridine rings is 1. The van der Waals surface area contributed by atoms with E-state index in [1.165, 1.54) is 6.42 Å². The summed E-state index contributed by atoms with van der Waals surface area (Å²) in [5, 5.41) is 9.12. The first kappa shape index (κ1) is 17.3. The van der Waals surface area contributed by atoms with Gasteiger partial charge in [0.05, 0.1) is 0 Å². The fourth-order valence-electron chi connectivity index (χ4n) is 3.55. The molecule has 1 aromatic heterocycles. The molecule has 1 atom stereocenters. The highest BCUT2D eigenvalue weighted by Crippen LogP contribution is 2.22. The molecule has 0 bridgehead atoms. The topological polar surface area (TPSA) is 77.0 Å². The van der Waals surface area contributed by atoms with Crippen LogP contribution in [0.1, 0.15) is 61.4 Å². The Labute approximate surface area is 137 Å². The van der Waals surface area contributed by atoms with Gasteiger partial charge < -0.3 is 9.88 Å². The minimum Gasteiger partial charge on any atom is -0.340 e. The van der Waals surface area contributed by atoms with Crippen molar-refractivity contribution >= 4 is 5.91 Å². The number of nitriles is 1. The highest BCUT2D eigenvalue weighted by atomic mass is 16.2. The molecule has 0 saturated carbocycles. The van der Waals surface area contributed by atoms with Gasteiger partial charge >= 0.3 is 0 Å². The molecule has 0 radical (unpaired) electrons. The highest BCUT2D eigenvalue weighted by molar-refractivity contribution is 5.77. The van der Waals surface area contributed by atoms with Crippen LogP contribution in [0.5, 0.6) is 0 Å². The van der Waals surface area contributed by atoms with Gasteiger partial charge in [-0.2, -0.15) is 5.26 Å². The van der Waals surface area contributed by atoms with Crippen molar-refractivity contribution in [2.75, 3.05) is 6.54 Å². The maximum Gasteiger partial charge on any atom is 0.266 e. The van der Waals surface area contributed by atoms with Crippen LogP contribution >= 0.6 is 0 Å². The number of rotatable bonds is 4. The van der Waals surface area contributed by atoms with E-state index in [0.717, 1.165) is 37.1 Å². The van der Waals surface area contributed by atoms with Crippen LogP contribution < -0.4 is 5.56 Å². The van der Waals surface area contributed by atoms with Crippen LogP contribution in [0, 0.1) is 25.2 Å². The van der Waals surface area contributed by atoms with Gasteiger partial charge in [0.15, 0.2) is 0 Å². The number of likely N-dealkylation sites (tertiary alicyclic amines) is 1. The first-order valence-corrected chi connectivity index (χ1v) is 8.41. The number of amides is 1. The molecule has 2 rings (SSSR count). The first-order chi connectivity index (χ1) is 11.0. The number of hydrogen-bond acceptors (Lipinski definition) is 3. The summed E-state index contributed by atoms with van der Waals surface area (Å²) in [7, 11) is 0. The average Bonchev–Trinajstić information content (AvgIpc) is 2.54. The second kappa shape index (κ2) is 7.45. The molecule has 2 heterocycles. The molecule has 1 aliphatic rings. The Hall–Kier alpha value is -2.09. The summed E-state index contributed by atoms with van der Waals surface area (Å²) < 4.78 is 0. The van der Waals surface area contributed by atoms with Crippen LogP contribution in [0.25, 0.3) is 0 Å². The van der Waals surface area contributed by atoms with Crippen LogP contribution in [-0.4, -0.2) is 28.4 Å². The molecule has 124 valence electrons. The number of H-pyrrole nitrogens is 1. The summed E-state index contributed by atoms with van der Waals surface area (Å²) >= 11 is 0. The number of hydrogen-bond donors (Lipinski definition) is 1. The first-order valence-electron chi connectivity index (χ1n) is 8.41. The monoisotopic (exact) mass is 315 g/mol. The van der Waals surface area contributed by atoms with Gasteiger partial charge in [-0.15, -0.1) is 0 Å². The van der Waals surface area contributed by atoms with E-state index in [9.17, 15) is 9.59 Å². The predicted molar refractivity (Wildman–Crippen MR) is 89.2 cm³/mol. The molecule has 5 heteroatoms. The Bertz CT molecular complexity index is 685. The van der Waals surface area contributed by atoms with Crippen molar-refractivity contribution in [2.24, 2.45) is 0 Å². The minimum atomic E-state index is -0.348. The van der Waals surface area contributed by atoms with E-state index in [1.54, 1.807) is 6.92 Å². The molecule has 0 spiro atoms. The summed E-state index contributed by atoms with van der Waals surface area (Å²) in [5.41, 5.74) is 2.18. The molecule has 1 fully saturated rings. The zero-order chi connectivity index (χ0) is 17.0. The van der Waals surface area contributed by atoms with Crippen LogP contribution in [0.3, 0.4) is 0 Å². The van der Waals surface area contributed by atoms with Crippen LogP contribution in [0.4, 0.5) is 0 Å². The molecule has 0 aromatic carbocycles. The van der Waals surface area contributed by atoms with Crippen molar-refractivity contribution in [3.63, 3.8) is 0 Å². The fraction of sp³-hybridized carbons (Fsp3) is 0.611. The SMILES string of the molecule is CCC1CCCCN1C(=O)CCc1c(C)[nH]c(=O)c(C#N)c1C. The van der Waals surface area contributed by atoms with E-state index < -0.39 is 0 Å². The van der Waals surface area contributed by atoms with E-state index in [-0.39, 0.29) is 17.0 Å². The van der Waals surface area contributed by atoms with Crippen molar-refractivity contribution in [1.29, 1.82) is 5.26 Å². The summed E-state index contributed by atoms with van der Waals surface area (Å²) in [6, 6.07) is 2.32. The molecule has 5 nitrogen and oxygen atoms in total. The molecule has 1 aliphatic heterocycles. The van der Waals surface area contributed by atoms with Gasteiger partial charge in [-0.05, 0) is 57.1 Å². The average molecular weight is 315 g/mol. The Morgan fingerprint density at radius 3 is 2.78 bits per heavy atom. The molecular weight excluding hydrogens is 290 g/mol. The van der Waals surface area contributed by atoms with E-state index >= 15 is 0 Å². The Morgan fingerprint density at radius 2 is 2.13 bits per heavy atom. The van der Waals surface area contributed by atoms with Crippen molar-refractivity contribution < 1.29 is 4.79 Å². The van der Waals surface area contributed by atoms with Crippen LogP contribution in [-0.2, 0) is 11.2 Å². The van der Waals surface area contributed by atoms with Gasteiger partial charge in [0.2, 0.25) is 5.91 Å². The number of nitrogens with one attached hydrogen (secondary N) is 1. The lowest BCUT2D eigenvalue weighted by Crippen LogP contribution is -2.43. The van der Waals surface area contributed by atoms with Crippen LogP contribution in [0.2, 0.25) is 0 Å². The zero-order valence-corrected chi connectivity index (χ0v) is 14.2. The molecule has 1 aromatic rings. The third-order valence-corrected chi connectivity index (χ3v) is 4.93. The number of piperidine rings is 1. The second-order valence-corrected chi connectivity index (χ2v) is 6.31. The molecule has 1 N–H and O–H groups in total. The lowest BCUT2D eigenvalue weighted by atomic mass is 9.96. The smallest absolute Gasteiger partial charge is 0.266 e. The summed E-state index contributed by atoms with van der Waals surface area (Å²) in [5.74, 6) is 0.181. The number of aryl methyl sites for hydroxylation is 1. The van der Waals surface area contributed by atoms with Crippen LogP contribution in [0.15, 0.2) is 4.79 Å². The lowest BCUT2D eigenvalue weighted by Gasteiger charge is -2.35. The molecule has 1 amide bonds. The lowest BCUT2D eigenvalue weighted by molar-refractivity contribution is -0.134. The Balaban J connectivity index is 2.13. The predicted octanol–water partition coefficient (Wildman–Crippen LogP) is 2.59. The van der Waals surface area contributed by atoms with E-state index in [0.29, 0.717) is 24.4 Å². The number of carbonyl (C=O) groups is 1. The molecule has 1 saturated heterocycles. The van der Waals surface area contributed by atoms with Gasteiger partial charge in [0, 0.05) is 24.7 Å².